The van der Waals surface area contributed by atoms with E-state index >= 15 is 0 Å². The van der Waals surface area contributed by atoms with Gasteiger partial charge in [-0.25, -0.2) is 0 Å². The summed E-state index contributed by atoms with van der Waals surface area (Å²) in [5, 5.41) is 3.40. The van der Waals surface area contributed by atoms with Crippen LogP contribution >= 0.6 is 23.5 Å². The molecule has 3 heteroatoms. The van der Waals surface area contributed by atoms with Gasteiger partial charge in [-0.1, -0.05) is 24.1 Å². The molecule has 0 aliphatic heterocycles. The van der Waals surface area contributed by atoms with E-state index in [-0.39, 0.29) is 0 Å². The number of terminal acetylenes is 1. The van der Waals surface area contributed by atoms with E-state index in [1.807, 2.05) is 17.8 Å². The van der Waals surface area contributed by atoms with Gasteiger partial charge in [0.25, 0.3) is 0 Å². The smallest absolute Gasteiger partial charge is 0.0545 e. The Morgan fingerprint density at radius 1 is 1.12 bits per heavy atom. The third-order valence-corrected chi connectivity index (χ3v) is 3.78. The summed E-state index contributed by atoms with van der Waals surface area (Å²) in [6.07, 6.45) is 5.16. The normalized spacial score (nSPS) is 9.94. The third kappa shape index (κ3) is 6.84. The molecule has 0 saturated carbocycles. The number of nitrogens with one attached hydrogen (secondary N) is 1. The molecule has 0 aliphatic carbocycles. The zero-order valence-corrected chi connectivity index (χ0v) is 10.9. The van der Waals surface area contributed by atoms with Crippen LogP contribution in [0.3, 0.4) is 0 Å². The highest BCUT2D eigenvalue weighted by Crippen LogP contribution is 2.15. The highest BCUT2D eigenvalue weighted by Gasteiger charge is 1.92. The standard InChI is InChI=1S/C13H17NS2/c1-2-10-15-11-8-14-9-12-16-13-6-4-3-5-7-13/h1,3-7,14H,8-12H2. The Balaban J connectivity index is 1.91. The monoisotopic (exact) mass is 251 g/mol. The number of rotatable bonds is 8. The zero-order valence-electron chi connectivity index (χ0n) is 9.32. The van der Waals surface area contributed by atoms with Gasteiger partial charge in [-0.2, -0.15) is 0 Å². The molecule has 0 spiro atoms. The van der Waals surface area contributed by atoms with Crippen LogP contribution in [0.15, 0.2) is 35.2 Å². The van der Waals surface area contributed by atoms with E-state index in [1.165, 1.54) is 4.90 Å². The molecule has 0 radical (unpaired) electrons. The fraction of sp³-hybridized carbons (Fsp3) is 0.385. The van der Waals surface area contributed by atoms with Crippen molar-refractivity contribution in [2.24, 2.45) is 0 Å². The zero-order chi connectivity index (χ0) is 11.5. The average Bonchev–Trinajstić information content (AvgIpc) is 2.34. The maximum atomic E-state index is 5.16. The Hall–Kier alpha value is -0.560. The molecule has 1 aromatic rings. The van der Waals surface area contributed by atoms with Crippen molar-refractivity contribution in [2.45, 2.75) is 4.90 Å². The largest absolute Gasteiger partial charge is 0.315 e. The van der Waals surface area contributed by atoms with Crippen molar-refractivity contribution in [1.29, 1.82) is 0 Å². The van der Waals surface area contributed by atoms with Crippen LogP contribution in [0.2, 0.25) is 0 Å². The van der Waals surface area contributed by atoms with Gasteiger partial charge in [-0.05, 0) is 12.1 Å². The van der Waals surface area contributed by atoms with Crippen LogP contribution in [0.25, 0.3) is 0 Å². The molecule has 16 heavy (non-hydrogen) atoms. The van der Waals surface area contributed by atoms with E-state index in [9.17, 15) is 0 Å². The van der Waals surface area contributed by atoms with Gasteiger partial charge in [0.15, 0.2) is 0 Å². The van der Waals surface area contributed by atoms with Crippen LogP contribution in [0, 0.1) is 12.3 Å². The van der Waals surface area contributed by atoms with Crippen LogP contribution in [-0.4, -0.2) is 30.3 Å². The first-order chi connectivity index (χ1) is 7.93. The quantitative estimate of drug-likeness (QED) is 0.433. The minimum Gasteiger partial charge on any atom is -0.315 e. The molecule has 0 aromatic heterocycles. The third-order valence-electron chi connectivity index (χ3n) is 1.90. The van der Waals surface area contributed by atoms with Gasteiger partial charge in [0.1, 0.15) is 0 Å². The summed E-state index contributed by atoms with van der Waals surface area (Å²) in [6.45, 7) is 2.10. The topological polar surface area (TPSA) is 12.0 Å². The van der Waals surface area contributed by atoms with Gasteiger partial charge in [0.2, 0.25) is 0 Å². The predicted molar refractivity (Wildman–Crippen MR) is 76.2 cm³/mol. The van der Waals surface area contributed by atoms with Crippen LogP contribution < -0.4 is 5.32 Å². The predicted octanol–water partition coefficient (Wildman–Crippen LogP) is 2.73. The SMILES string of the molecule is C#CCSCCNCCSc1ccccc1. The van der Waals surface area contributed by atoms with Gasteiger partial charge >= 0.3 is 0 Å². The van der Waals surface area contributed by atoms with Gasteiger partial charge < -0.3 is 5.32 Å². The van der Waals surface area contributed by atoms with E-state index < -0.39 is 0 Å². The maximum absolute atomic E-state index is 5.16. The van der Waals surface area contributed by atoms with Crippen molar-refractivity contribution in [3.05, 3.63) is 30.3 Å². The van der Waals surface area contributed by atoms with Gasteiger partial charge in [0, 0.05) is 29.5 Å². The second-order valence-electron chi connectivity index (χ2n) is 3.17. The van der Waals surface area contributed by atoms with Crippen molar-refractivity contribution >= 4 is 23.5 Å². The van der Waals surface area contributed by atoms with Crippen LogP contribution in [0.4, 0.5) is 0 Å². The Morgan fingerprint density at radius 2 is 1.88 bits per heavy atom. The van der Waals surface area contributed by atoms with E-state index in [0.29, 0.717) is 0 Å². The van der Waals surface area contributed by atoms with E-state index in [2.05, 4.69) is 35.5 Å². The molecule has 0 unspecified atom stereocenters. The molecule has 0 aliphatic rings. The number of hydrogen-bond acceptors (Lipinski definition) is 3. The highest BCUT2D eigenvalue weighted by atomic mass is 32.2. The Bertz CT molecular complexity index is 305. The molecule has 0 heterocycles. The average molecular weight is 251 g/mol. The molecular formula is C13H17NS2. The van der Waals surface area contributed by atoms with Gasteiger partial charge in [0.05, 0.1) is 5.75 Å². The lowest BCUT2D eigenvalue weighted by Crippen LogP contribution is -2.20. The number of thioether (sulfide) groups is 2. The van der Waals surface area contributed by atoms with Gasteiger partial charge in [-0.3, -0.25) is 0 Å². The molecule has 0 atom stereocenters. The molecule has 0 fully saturated rings. The van der Waals surface area contributed by atoms with E-state index in [4.69, 9.17) is 6.42 Å². The van der Waals surface area contributed by atoms with Crippen LogP contribution in [0.5, 0.6) is 0 Å². The Labute approximate surface area is 107 Å². The lowest BCUT2D eigenvalue weighted by molar-refractivity contribution is 0.774. The highest BCUT2D eigenvalue weighted by molar-refractivity contribution is 7.99. The lowest BCUT2D eigenvalue weighted by Gasteiger charge is -2.03. The second kappa shape index (κ2) is 9.65. The fourth-order valence-corrected chi connectivity index (χ4v) is 2.54. The fourth-order valence-electron chi connectivity index (χ4n) is 1.16. The number of hydrogen-bond donors (Lipinski definition) is 1. The summed E-state index contributed by atoms with van der Waals surface area (Å²) in [6, 6.07) is 10.5. The summed E-state index contributed by atoms with van der Waals surface area (Å²) in [5.41, 5.74) is 0. The summed E-state index contributed by atoms with van der Waals surface area (Å²) in [4.78, 5) is 1.34. The van der Waals surface area contributed by atoms with Crippen molar-refractivity contribution in [3.63, 3.8) is 0 Å². The van der Waals surface area contributed by atoms with Gasteiger partial charge in [-0.15, -0.1) is 29.9 Å². The molecule has 1 nitrogen and oxygen atoms in total. The maximum Gasteiger partial charge on any atom is 0.0545 e. The molecule has 0 amide bonds. The molecule has 1 rings (SSSR count). The molecule has 0 bridgehead atoms. The summed E-state index contributed by atoms with van der Waals surface area (Å²) < 4.78 is 0. The van der Waals surface area contributed by atoms with Crippen LogP contribution in [0.1, 0.15) is 0 Å². The molecule has 1 aromatic carbocycles. The first-order valence-electron chi connectivity index (χ1n) is 5.33. The van der Waals surface area contributed by atoms with Crippen molar-refractivity contribution in [3.8, 4) is 12.3 Å². The summed E-state index contributed by atoms with van der Waals surface area (Å²) >= 11 is 3.69. The Morgan fingerprint density at radius 3 is 2.62 bits per heavy atom. The first kappa shape index (κ1) is 13.5. The summed E-state index contributed by atoms with van der Waals surface area (Å²) in [7, 11) is 0. The summed E-state index contributed by atoms with van der Waals surface area (Å²) in [5.74, 6) is 5.65. The number of benzene rings is 1. The van der Waals surface area contributed by atoms with Crippen LogP contribution in [-0.2, 0) is 0 Å². The minimum atomic E-state index is 0.820. The molecule has 0 saturated heterocycles. The second-order valence-corrected chi connectivity index (χ2v) is 5.44. The van der Waals surface area contributed by atoms with Crippen molar-refractivity contribution < 1.29 is 0 Å². The Kier molecular flexibility index (Phi) is 8.15. The van der Waals surface area contributed by atoms with E-state index in [1.54, 1.807) is 11.8 Å². The van der Waals surface area contributed by atoms with E-state index in [0.717, 1.165) is 30.3 Å². The first-order valence-corrected chi connectivity index (χ1v) is 7.47. The molecule has 86 valence electrons. The minimum absolute atomic E-state index is 0.820. The molecular weight excluding hydrogens is 234 g/mol. The lowest BCUT2D eigenvalue weighted by atomic mass is 10.4. The van der Waals surface area contributed by atoms with Crippen molar-refractivity contribution in [1.82, 2.24) is 5.32 Å². The van der Waals surface area contributed by atoms with Crippen molar-refractivity contribution in [2.75, 3.05) is 30.3 Å². The molecule has 1 N–H and O–H groups in total.